The molecule has 2 N–H and O–H groups in total. The lowest BCUT2D eigenvalue weighted by atomic mass is 10.1. The largest absolute Gasteiger partial charge is 0.330 e. The number of nitrogens with zero attached hydrogens (tertiary/aromatic N) is 1. The molecule has 1 aromatic rings. The summed E-state index contributed by atoms with van der Waals surface area (Å²) in [6.07, 6.45) is 0.556. The van der Waals surface area contributed by atoms with Gasteiger partial charge in [-0.25, -0.2) is 0 Å². The number of hydrogen-bond acceptors (Lipinski definition) is 3. The SMILES string of the molecule is Cl.NCCc1cccc([N+](=O)[O-])c1Cl. The van der Waals surface area contributed by atoms with Crippen LogP contribution >= 0.6 is 24.0 Å². The maximum absolute atomic E-state index is 10.5. The molecule has 0 heterocycles. The van der Waals surface area contributed by atoms with Crippen LogP contribution < -0.4 is 5.73 Å². The minimum Gasteiger partial charge on any atom is -0.330 e. The van der Waals surface area contributed by atoms with Crippen LogP contribution in [0.1, 0.15) is 5.56 Å². The summed E-state index contributed by atoms with van der Waals surface area (Å²) < 4.78 is 0. The van der Waals surface area contributed by atoms with Crippen LogP contribution in [0.5, 0.6) is 0 Å². The lowest BCUT2D eigenvalue weighted by Crippen LogP contribution is -2.03. The Hall–Kier alpha value is -0.840. The van der Waals surface area contributed by atoms with E-state index in [1.54, 1.807) is 12.1 Å². The molecule has 0 atom stereocenters. The fourth-order valence-corrected chi connectivity index (χ4v) is 1.35. The predicted octanol–water partition coefficient (Wildman–Crippen LogP) is 2.17. The molecule has 1 aromatic carbocycles. The van der Waals surface area contributed by atoms with E-state index in [0.717, 1.165) is 5.56 Å². The number of hydrogen-bond donors (Lipinski definition) is 1. The van der Waals surface area contributed by atoms with E-state index in [-0.39, 0.29) is 23.1 Å². The van der Waals surface area contributed by atoms with Crippen molar-refractivity contribution in [2.45, 2.75) is 6.42 Å². The van der Waals surface area contributed by atoms with E-state index in [1.807, 2.05) is 0 Å². The van der Waals surface area contributed by atoms with Crippen LogP contribution in [-0.4, -0.2) is 11.5 Å². The van der Waals surface area contributed by atoms with Crippen molar-refractivity contribution in [1.29, 1.82) is 0 Å². The Morgan fingerprint density at radius 1 is 1.50 bits per heavy atom. The van der Waals surface area contributed by atoms with Crippen molar-refractivity contribution in [3.8, 4) is 0 Å². The molecule has 0 spiro atoms. The fraction of sp³-hybridized carbons (Fsp3) is 0.250. The Kier molecular flexibility index (Phi) is 5.45. The third kappa shape index (κ3) is 2.83. The Morgan fingerprint density at radius 2 is 2.14 bits per heavy atom. The molecule has 0 aliphatic heterocycles. The molecule has 0 aliphatic carbocycles. The molecule has 4 nitrogen and oxygen atoms in total. The molecular formula is C8H10Cl2N2O2. The Morgan fingerprint density at radius 3 is 2.64 bits per heavy atom. The van der Waals surface area contributed by atoms with Gasteiger partial charge in [-0.15, -0.1) is 12.4 Å². The third-order valence-corrected chi connectivity index (χ3v) is 2.11. The first-order valence-corrected chi connectivity index (χ1v) is 4.16. The molecule has 1 rings (SSSR count). The van der Waals surface area contributed by atoms with Crippen LogP contribution in [0.15, 0.2) is 18.2 Å². The Balaban J connectivity index is 0.00000169. The van der Waals surface area contributed by atoms with Crippen molar-refractivity contribution in [3.05, 3.63) is 38.9 Å². The van der Waals surface area contributed by atoms with Gasteiger partial charge in [0.2, 0.25) is 0 Å². The fourth-order valence-electron chi connectivity index (χ4n) is 1.06. The second-order valence-electron chi connectivity index (χ2n) is 2.55. The minimum atomic E-state index is -0.498. The third-order valence-electron chi connectivity index (χ3n) is 1.67. The summed E-state index contributed by atoms with van der Waals surface area (Å²) in [7, 11) is 0. The molecular weight excluding hydrogens is 227 g/mol. The summed E-state index contributed by atoms with van der Waals surface area (Å²) in [5.41, 5.74) is 5.99. The lowest BCUT2D eigenvalue weighted by molar-refractivity contribution is -0.384. The van der Waals surface area contributed by atoms with Crippen molar-refractivity contribution < 1.29 is 4.92 Å². The summed E-state index contributed by atoms with van der Waals surface area (Å²) >= 11 is 5.79. The Bertz CT molecular complexity index is 331. The van der Waals surface area contributed by atoms with Gasteiger partial charge in [-0.1, -0.05) is 23.7 Å². The molecule has 0 unspecified atom stereocenters. The second kappa shape index (κ2) is 5.80. The zero-order chi connectivity index (χ0) is 9.84. The predicted molar refractivity (Wildman–Crippen MR) is 58.1 cm³/mol. The van der Waals surface area contributed by atoms with Gasteiger partial charge in [0.1, 0.15) is 5.02 Å². The first-order valence-electron chi connectivity index (χ1n) is 3.78. The van der Waals surface area contributed by atoms with E-state index in [0.29, 0.717) is 13.0 Å². The van der Waals surface area contributed by atoms with Gasteiger partial charge in [-0.05, 0) is 18.5 Å². The van der Waals surface area contributed by atoms with Gasteiger partial charge < -0.3 is 5.73 Å². The van der Waals surface area contributed by atoms with Crippen LogP contribution in [0.2, 0.25) is 5.02 Å². The summed E-state index contributed by atoms with van der Waals surface area (Å²) in [5, 5.41) is 10.7. The van der Waals surface area contributed by atoms with Crippen molar-refractivity contribution in [1.82, 2.24) is 0 Å². The maximum Gasteiger partial charge on any atom is 0.288 e. The lowest BCUT2D eigenvalue weighted by Gasteiger charge is -2.01. The highest BCUT2D eigenvalue weighted by Gasteiger charge is 2.14. The number of rotatable bonds is 3. The van der Waals surface area contributed by atoms with Crippen LogP contribution in [-0.2, 0) is 6.42 Å². The van der Waals surface area contributed by atoms with E-state index in [2.05, 4.69) is 0 Å². The van der Waals surface area contributed by atoms with Crippen LogP contribution in [0, 0.1) is 10.1 Å². The maximum atomic E-state index is 10.5. The number of halogens is 2. The number of nitro benzene ring substituents is 1. The van der Waals surface area contributed by atoms with Gasteiger partial charge in [0, 0.05) is 6.07 Å². The van der Waals surface area contributed by atoms with Crippen LogP contribution in [0.25, 0.3) is 0 Å². The number of benzene rings is 1. The van der Waals surface area contributed by atoms with Crippen LogP contribution in [0.3, 0.4) is 0 Å². The zero-order valence-corrected chi connectivity index (χ0v) is 8.85. The normalized spacial score (nSPS) is 9.29. The van der Waals surface area contributed by atoms with Gasteiger partial charge in [-0.3, -0.25) is 10.1 Å². The Labute approximate surface area is 92.6 Å². The quantitative estimate of drug-likeness (QED) is 0.646. The molecule has 0 radical (unpaired) electrons. The van der Waals surface area contributed by atoms with Gasteiger partial charge in [0.15, 0.2) is 0 Å². The van der Waals surface area contributed by atoms with Crippen molar-refractivity contribution >= 4 is 29.7 Å². The highest BCUT2D eigenvalue weighted by Crippen LogP contribution is 2.27. The standard InChI is InChI=1S/C8H9ClN2O2.ClH/c9-8-6(4-5-10)2-1-3-7(8)11(12)13;/h1-3H,4-5,10H2;1H. The van der Waals surface area contributed by atoms with E-state index >= 15 is 0 Å². The van der Waals surface area contributed by atoms with E-state index in [9.17, 15) is 10.1 Å². The molecule has 0 aromatic heterocycles. The van der Waals surface area contributed by atoms with Crippen LogP contribution in [0.4, 0.5) is 5.69 Å². The molecule has 78 valence electrons. The highest BCUT2D eigenvalue weighted by atomic mass is 35.5. The summed E-state index contributed by atoms with van der Waals surface area (Å²) in [6.45, 7) is 0.431. The summed E-state index contributed by atoms with van der Waals surface area (Å²) in [4.78, 5) is 9.97. The number of nitrogens with two attached hydrogens (primary N) is 1. The average molecular weight is 237 g/mol. The zero-order valence-electron chi connectivity index (χ0n) is 7.27. The van der Waals surface area contributed by atoms with Gasteiger partial charge >= 0.3 is 0 Å². The molecule has 6 heteroatoms. The molecule has 0 saturated heterocycles. The first-order chi connectivity index (χ1) is 6.16. The van der Waals surface area contributed by atoms with Gasteiger partial charge in [0.25, 0.3) is 5.69 Å². The topological polar surface area (TPSA) is 69.2 Å². The van der Waals surface area contributed by atoms with E-state index in [1.165, 1.54) is 6.07 Å². The van der Waals surface area contributed by atoms with Gasteiger partial charge in [0.05, 0.1) is 4.92 Å². The van der Waals surface area contributed by atoms with Gasteiger partial charge in [-0.2, -0.15) is 0 Å². The molecule has 0 saturated carbocycles. The van der Waals surface area contributed by atoms with E-state index < -0.39 is 4.92 Å². The second-order valence-corrected chi connectivity index (χ2v) is 2.92. The first kappa shape index (κ1) is 13.2. The van der Waals surface area contributed by atoms with E-state index in [4.69, 9.17) is 17.3 Å². The average Bonchev–Trinajstić information content (AvgIpc) is 2.08. The van der Waals surface area contributed by atoms with Crippen molar-refractivity contribution in [2.24, 2.45) is 5.73 Å². The summed E-state index contributed by atoms with van der Waals surface area (Å²) in [5.74, 6) is 0. The molecule has 14 heavy (non-hydrogen) atoms. The van der Waals surface area contributed by atoms with Crippen molar-refractivity contribution in [2.75, 3.05) is 6.54 Å². The molecule has 0 amide bonds. The molecule has 0 bridgehead atoms. The molecule has 0 aliphatic rings. The molecule has 0 fully saturated rings. The highest BCUT2D eigenvalue weighted by molar-refractivity contribution is 6.33. The summed E-state index contributed by atoms with van der Waals surface area (Å²) in [6, 6.07) is 4.72. The smallest absolute Gasteiger partial charge is 0.288 e. The van der Waals surface area contributed by atoms with Crippen molar-refractivity contribution in [3.63, 3.8) is 0 Å². The minimum absolute atomic E-state index is 0. The monoisotopic (exact) mass is 236 g/mol. The number of nitro groups is 1.